The summed E-state index contributed by atoms with van der Waals surface area (Å²) in [7, 11) is 0. The quantitative estimate of drug-likeness (QED) is 0.755. The van der Waals surface area contributed by atoms with Crippen LogP contribution in [0.3, 0.4) is 0 Å². The van der Waals surface area contributed by atoms with Gasteiger partial charge in [-0.15, -0.1) is 0 Å². The number of hydrogen-bond donors (Lipinski definition) is 1. The van der Waals surface area contributed by atoms with E-state index in [0.29, 0.717) is 12.1 Å². The Morgan fingerprint density at radius 3 is 2.70 bits per heavy atom. The molecule has 1 aliphatic rings. The molecule has 1 aromatic rings. The second-order valence-corrected chi connectivity index (χ2v) is 5.61. The maximum Gasteiger partial charge on any atom is 0.129 e. The van der Waals surface area contributed by atoms with Crippen molar-refractivity contribution in [3.05, 3.63) is 35.6 Å². The minimum atomic E-state index is -0.175. The number of nitrogens with one attached hydrogen (secondary N) is 1. The molecule has 0 spiro atoms. The Bertz CT molecular complexity index is 390. The van der Waals surface area contributed by atoms with Gasteiger partial charge in [-0.1, -0.05) is 44.4 Å². The SMILES string of the molecule is CCCNCC(OC1CCCCC1)c1ccccc1F. The van der Waals surface area contributed by atoms with E-state index in [-0.39, 0.29) is 18.0 Å². The lowest BCUT2D eigenvalue weighted by atomic mass is 9.97. The van der Waals surface area contributed by atoms with E-state index in [4.69, 9.17) is 4.74 Å². The maximum absolute atomic E-state index is 14.0. The fraction of sp³-hybridized carbons (Fsp3) is 0.647. The second-order valence-electron chi connectivity index (χ2n) is 5.61. The van der Waals surface area contributed by atoms with Gasteiger partial charge in [0.1, 0.15) is 5.82 Å². The molecule has 0 aromatic heterocycles. The summed E-state index contributed by atoms with van der Waals surface area (Å²) in [6, 6.07) is 6.98. The lowest BCUT2D eigenvalue weighted by Gasteiger charge is -2.28. The highest BCUT2D eigenvalue weighted by molar-refractivity contribution is 5.20. The Hall–Kier alpha value is -0.930. The van der Waals surface area contributed by atoms with Gasteiger partial charge in [0.15, 0.2) is 0 Å². The van der Waals surface area contributed by atoms with Gasteiger partial charge in [0, 0.05) is 12.1 Å². The molecule has 0 heterocycles. The van der Waals surface area contributed by atoms with Crippen molar-refractivity contribution in [3.63, 3.8) is 0 Å². The zero-order valence-corrected chi connectivity index (χ0v) is 12.4. The molecule has 1 aliphatic carbocycles. The lowest BCUT2D eigenvalue weighted by molar-refractivity contribution is -0.0319. The number of halogens is 1. The molecule has 1 unspecified atom stereocenters. The molecule has 1 saturated carbocycles. The van der Waals surface area contributed by atoms with Crippen LogP contribution in [0.15, 0.2) is 24.3 Å². The molecule has 3 heteroatoms. The molecule has 2 nitrogen and oxygen atoms in total. The summed E-state index contributed by atoms with van der Waals surface area (Å²) < 4.78 is 20.2. The van der Waals surface area contributed by atoms with Crippen LogP contribution in [0, 0.1) is 5.82 Å². The van der Waals surface area contributed by atoms with Crippen LogP contribution in [-0.2, 0) is 4.74 Å². The molecule has 2 rings (SSSR count). The highest BCUT2D eigenvalue weighted by Gasteiger charge is 2.22. The number of ether oxygens (including phenoxy) is 1. The molecular formula is C17H26FNO. The van der Waals surface area contributed by atoms with E-state index in [2.05, 4.69) is 12.2 Å². The first-order chi connectivity index (χ1) is 9.81. The molecule has 0 radical (unpaired) electrons. The first-order valence-electron chi connectivity index (χ1n) is 7.92. The van der Waals surface area contributed by atoms with Gasteiger partial charge >= 0.3 is 0 Å². The van der Waals surface area contributed by atoms with E-state index in [0.717, 1.165) is 25.8 Å². The van der Waals surface area contributed by atoms with E-state index in [1.54, 1.807) is 6.07 Å². The Balaban J connectivity index is 2.01. The standard InChI is InChI=1S/C17H26FNO/c1-2-12-19-13-17(15-10-6-7-11-16(15)18)20-14-8-4-3-5-9-14/h6-7,10-11,14,17,19H,2-5,8-9,12-13H2,1H3. The van der Waals surface area contributed by atoms with Gasteiger partial charge in [-0.2, -0.15) is 0 Å². The summed E-state index contributed by atoms with van der Waals surface area (Å²) in [4.78, 5) is 0. The third-order valence-corrected chi connectivity index (χ3v) is 3.92. The largest absolute Gasteiger partial charge is 0.369 e. The third-order valence-electron chi connectivity index (χ3n) is 3.92. The van der Waals surface area contributed by atoms with E-state index in [1.165, 1.54) is 25.3 Å². The van der Waals surface area contributed by atoms with Crippen molar-refractivity contribution in [1.29, 1.82) is 0 Å². The van der Waals surface area contributed by atoms with E-state index in [9.17, 15) is 4.39 Å². The molecule has 0 bridgehead atoms. The molecule has 0 aliphatic heterocycles. The number of hydrogen-bond acceptors (Lipinski definition) is 2. The van der Waals surface area contributed by atoms with E-state index in [1.807, 2.05) is 12.1 Å². The molecular weight excluding hydrogens is 253 g/mol. The normalized spacial score (nSPS) is 18.1. The minimum Gasteiger partial charge on any atom is -0.369 e. The highest BCUT2D eigenvalue weighted by Crippen LogP contribution is 2.28. The monoisotopic (exact) mass is 279 g/mol. The first-order valence-corrected chi connectivity index (χ1v) is 7.92. The van der Waals surface area contributed by atoms with Crippen molar-refractivity contribution in [3.8, 4) is 0 Å². The Labute approximate surface area is 121 Å². The van der Waals surface area contributed by atoms with Crippen LogP contribution >= 0.6 is 0 Å². The number of benzene rings is 1. The maximum atomic E-state index is 14.0. The molecule has 20 heavy (non-hydrogen) atoms. The molecule has 1 atom stereocenters. The molecule has 0 amide bonds. The van der Waals surface area contributed by atoms with Gasteiger partial charge in [-0.05, 0) is 31.9 Å². The van der Waals surface area contributed by atoms with Crippen LogP contribution < -0.4 is 5.32 Å². The summed E-state index contributed by atoms with van der Waals surface area (Å²) >= 11 is 0. The van der Waals surface area contributed by atoms with Crippen LogP contribution in [0.4, 0.5) is 4.39 Å². The van der Waals surface area contributed by atoms with Gasteiger partial charge in [-0.3, -0.25) is 0 Å². The van der Waals surface area contributed by atoms with Gasteiger partial charge in [0.2, 0.25) is 0 Å². The van der Waals surface area contributed by atoms with Gasteiger partial charge in [0.25, 0.3) is 0 Å². The van der Waals surface area contributed by atoms with Crippen LogP contribution in [-0.4, -0.2) is 19.2 Å². The molecule has 0 saturated heterocycles. The Morgan fingerprint density at radius 2 is 2.00 bits per heavy atom. The predicted octanol–water partition coefficient (Wildman–Crippen LogP) is 4.22. The van der Waals surface area contributed by atoms with Crippen LogP contribution in [0.25, 0.3) is 0 Å². The minimum absolute atomic E-state index is 0.161. The Morgan fingerprint density at radius 1 is 1.25 bits per heavy atom. The summed E-state index contributed by atoms with van der Waals surface area (Å²) in [5, 5.41) is 3.36. The molecule has 112 valence electrons. The molecule has 1 N–H and O–H groups in total. The van der Waals surface area contributed by atoms with Gasteiger partial charge < -0.3 is 10.1 Å². The van der Waals surface area contributed by atoms with Crippen LogP contribution in [0.5, 0.6) is 0 Å². The topological polar surface area (TPSA) is 21.3 Å². The van der Waals surface area contributed by atoms with E-state index >= 15 is 0 Å². The summed E-state index contributed by atoms with van der Waals surface area (Å²) in [5.41, 5.74) is 0.682. The summed E-state index contributed by atoms with van der Waals surface area (Å²) in [5.74, 6) is -0.161. The van der Waals surface area contributed by atoms with Crippen LogP contribution in [0.1, 0.15) is 57.1 Å². The molecule has 1 aromatic carbocycles. The average molecular weight is 279 g/mol. The fourth-order valence-electron chi connectivity index (χ4n) is 2.81. The smallest absolute Gasteiger partial charge is 0.129 e. The van der Waals surface area contributed by atoms with Crippen molar-refractivity contribution < 1.29 is 9.13 Å². The van der Waals surface area contributed by atoms with Crippen molar-refractivity contribution in [2.24, 2.45) is 0 Å². The van der Waals surface area contributed by atoms with Crippen molar-refractivity contribution in [2.75, 3.05) is 13.1 Å². The zero-order chi connectivity index (χ0) is 14.2. The van der Waals surface area contributed by atoms with Crippen molar-refractivity contribution >= 4 is 0 Å². The Kier molecular flexibility index (Phi) is 6.48. The van der Waals surface area contributed by atoms with Gasteiger partial charge in [-0.25, -0.2) is 4.39 Å². The fourth-order valence-corrected chi connectivity index (χ4v) is 2.81. The predicted molar refractivity (Wildman–Crippen MR) is 80.3 cm³/mol. The van der Waals surface area contributed by atoms with Crippen LogP contribution in [0.2, 0.25) is 0 Å². The third kappa shape index (κ3) is 4.57. The molecule has 1 fully saturated rings. The second kappa shape index (κ2) is 8.38. The summed E-state index contributed by atoms with van der Waals surface area (Å²) in [6.07, 6.45) is 7.18. The van der Waals surface area contributed by atoms with Crippen molar-refractivity contribution in [1.82, 2.24) is 5.32 Å². The lowest BCUT2D eigenvalue weighted by Crippen LogP contribution is -2.29. The summed E-state index contributed by atoms with van der Waals surface area (Å²) in [6.45, 7) is 3.76. The average Bonchev–Trinajstić information content (AvgIpc) is 2.48. The highest BCUT2D eigenvalue weighted by atomic mass is 19.1. The van der Waals surface area contributed by atoms with Gasteiger partial charge in [0.05, 0.1) is 12.2 Å². The first kappa shape index (κ1) is 15.5. The zero-order valence-electron chi connectivity index (χ0n) is 12.4. The van der Waals surface area contributed by atoms with Crippen molar-refractivity contribution in [2.45, 2.75) is 57.7 Å². The van der Waals surface area contributed by atoms with E-state index < -0.39 is 0 Å². The number of rotatable bonds is 7.